The van der Waals surface area contributed by atoms with Crippen LogP contribution in [0.15, 0.2) is 54.9 Å². The van der Waals surface area contributed by atoms with Gasteiger partial charge < -0.3 is 10.1 Å². The Bertz CT molecular complexity index is 921. The minimum Gasteiger partial charge on any atom is -0.497 e. The Kier molecular flexibility index (Phi) is 5.27. The van der Waals surface area contributed by atoms with E-state index in [0.29, 0.717) is 12.1 Å². The zero-order chi connectivity index (χ0) is 18.5. The van der Waals surface area contributed by atoms with Crippen molar-refractivity contribution in [1.29, 1.82) is 0 Å². The van der Waals surface area contributed by atoms with Gasteiger partial charge in [0.15, 0.2) is 0 Å². The minimum atomic E-state index is -0.113. The van der Waals surface area contributed by atoms with Crippen LogP contribution in [0.2, 0.25) is 0 Å². The lowest BCUT2D eigenvalue weighted by molar-refractivity contribution is 0.0950. The fourth-order valence-corrected chi connectivity index (χ4v) is 2.57. The second kappa shape index (κ2) is 7.78. The number of aryl methyl sites for hydroxylation is 2. The Hall–Kier alpha value is -3.21. The van der Waals surface area contributed by atoms with Crippen molar-refractivity contribution in [3.8, 4) is 17.0 Å². The normalized spacial score (nSPS) is 10.4. The number of amides is 1. The molecule has 3 rings (SSSR count). The van der Waals surface area contributed by atoms with E-state index in [-0.39, 0.29) is 5.91 Å². The number of carbonyl (C=O) groups is 1. The van der Waals surface area contributed by atoms with Crippen molar-refractivity contribution in [3.05, 3.63) is 77.2 Å². The molecule has 2 aromatic carbocycles. The number of hydrogen-bond donors (Lipinski definition) is 1. The molecule has 1 amide bonds. The van der Waals surface area contributed by atoms with Gasteiger partial charge >= 0.3 is 0 Å². The SMILES string of the molecule is COc1ccc(-c2cc(CNC(=O)c3ccc(C)c(C)c3)ncn2)cc1. The Balaban J connectivity index is 1.70. The molecule has 132 valence electrons. The fraction of sp³-hybridized carbons (Fsp3) is 0.190. The molecule has 1 N–H and O–H groups in total. The fourth-order valence-electron chi connectivity index (χ4n) is 2.57. The third-order valence-electron chi connectivity index (χ3n) is 4.31. The Morgan fingerprint density at radius 2 is 1.77 bits per heavy atom. The highest BCUT2D eigenvalue weighted by atomic mass is 16.5. The van der Waals surface area contributed by atoms with Crippen LogP contribution in [-0.4, -0.2) is 23.0 Å². The average Bonchev–Trinajstić information content (AvgIpc) is 2.68. The van der Waals surface area contributed by atoms with Crippen LogP contribution in [0, 0.1) is 13.8 Å². The van der Waals surface area contributed by atoms with Gasteiger partial charge in [-0.3, -0.25) is 4.79 Å². The lowest BCUT2D eigenvalue weighted by Gasteiger charge is -2.08. The van der Waals surface area contributed by atoms with Gasteiger partial charge in [-0.25, -0.2) is 9.97 Å². The van der Waals surface area contributed by atoms with E-state index in [4.69, 9.17) is 4.74 Å². The number of hydrogen-bond acceptors (Lipinski definition) is 4. The number of nitrogens with one attached hydrogen (secondary N) is 1. The van der Waals surface area contributed by atoms with E-state index in [9.17, 15) is 4.79 Å². The van der Waals surface area contributed by atoms with Gasteiger partial charge in [0, 0.05) is 11.1 Å². The summed E-state index contributed by atoms with van der Waals surface area (Å²) < 4.78 is 5.17. The summed E-state index contributed by atoms with van der Waals surface area (Å²) in [7, 11) is 1.63. The van der Waals surface area contributed by atoms with Crippen LogP contribution >= 0.6 is 0 Å². The monoisotopic (exact) mass is 347 g/mol. The molecule has 5 nitrogen and oxygen atoms in total. The molecule has 26 heavy (non-hydrogen) atoms. The van der Waals surface area contributed by atoms with Crippen LogP contribution in [0.25, 0.3) is 11.3 Å². The Labute approximate surface area is 153 Å². The Morgan fingerprint density at radius 1 is 1.00 bits per heavy atom. The van der Waals surface area contributed by atoms with Crippen molar-refractivity contribution in [2.24, 2.45) is 0 Å². The van der Waals surface area contributed by atoms with Gasteiger partial charge in [0.1, 0.15) is 12.1 Å². The van der Waals surface area contributed by atoms with Crippen LogP contribution in [-0.2, 0) is 6.54 Å². The molecule has 5 heteroatoms. The third kappa shape index (κ3) is 4.06. The third-order valence-corrected chi connectivity index (χ3v) is 4.31. The largest absolute Gasteiger partial charge is 0.497 e. The van der Waals surface area contributed by atoms with Gasteiger partial charge in [-0.2, -0.15) is 0 Å². The number of benzene rings is 2. The summed E-state index contributed by atoms with van der Waals surface area (Å²) >= 11 is 0. The average molecular weight is 347 g/mol. The number of rotatable bonds is 5. The lowest BCUT2D eigenvalue weighted by atomic mass is 10.1. The molecule has 0 saturated heterocycles. The number of nitrogens with zero attached hydrogens (tertiary/aromatic N) is 2. The first kappa shape index (κ1) is 17.6. The zero-order valence-electron chi connectivity index (χ0n) is 15.1. The number of methoxy groups -OCH3 is 1. The summed E-state index contributed by atoms with van der Waals surface area (Å²) in [6.45, 7) is 4.37. The minimum absolute atomic E-state index is 0.113. The number of carbonyl (C=O) groups excluding carboxylic acids is 1. The van der Waals surface area contributed by atoms with Crippen molar-refractivity contribution in [3.63, 3.8) is 0 Å². The first-order valence-corrected chi connectivity index (χ1v) is 8.37. The molecule has 0 fully saturated rings. The van der Waals surface area contributed by atoms with Crippen LogP contribution in [0.4, 0.5) is 0 Å². The zero-order valence-corrected chi connectivity index (χ0v) is 15.1. The van der Waals surface area contributed by atoms with Crippen molar-refractivity contribution >= 4 is 5.91 Å². The predicted molar refractivity (Wildman–Crippen MR) is 101 cm³/mol. The maximum absolute atomic E-state index is 12.3. The van der Waals surface area contributed by atoms with E-state index in [0.717, 1.165) is 28.3 Å². The quantitative estimate of drug-likeness (QED) is 0.764. The number of ether oxygens (including phenoxy) is 1. The van der Waals surface area contributed by atoms with Crippen molar-refractivity contribution in [2.75, 3.05) is 7.11 Å². The molecule has 3 aromatic rings. The molecule has 1 heterocycles. The van der Waals surface area contributed by atoms with Crippen LogP contribution in [0.1, 0.15) is 27.2 Å². The first-order valence-electron chi connectivity index (χ1n) is 8.37. The molecule has 0 saturated carbocycles. The summed E-state index contributed by atoms with van der Waals surface area (Å²) in [6.07, 6.45) is 1.51. The number of aromatic nitrogens is 2. The second-order valence-electron chi connectivity index (χ2n) is 6.10. The summed E-state index contributed by atoms with van der Waals surface area (Å²) in [6, 6.07) is 15.2. The maximum atomic E-state index is 12.3. The van der Waals surface area contributed by atoms with E-state index in [1.54, 1.807) is 7.11 Å². The highest BCUT2D eigenvalue weighted by Gasteiger charge is 2.08. The molecule has 0 bridgehead atoms. The van der Waals surface area contributed by atoms with Gasteiger partial charge in [0.2, 0.25) is 0 Å². The lowest BCUT2D eigenvalue weighted by Crippen LogP contribution is -2.23. The maximum Gasteiger partial charge on any atom is 0.251 e. The highest BCUT2D eigenvalue weighted by molar-refractivity contribution is 5.94. The molecule has 0 aliphatic heterocycles. The van der Waals surface area contributed by atoms with Gasteiger partial charge in [-0.1, -0.05) is 6.07 Å². The summed E-state index contributed by atoms with van der Waals surface area (Å²) in [5.41, 5.74) is 5.44. The molecular formula is C21H21N3O2. The van der Waals surface area contributed by atoms with Gasteiger partial charge in [-0.15, -0.1) is 0 Å². The molecule has 0 aliphatic carbocycles. The van der Waals surface area contributed by atoms with E-state index in [1.165, 1.54) is 11.9 Å². The molecule has 0 radical (unpaired) electrons. The molecule has 0 spiro atoms. The standard InChI is InChI=1S/C21H21N3O2/c1-14-4-5-17(10-15(14)2)21(25)22-12-18-11-20(24-13-23-18)16-6-8-19(26-3)9-7-16/h4-11,13H,12H2,1-3H3,(H,22,25). The molecule has 1 aromatic heterocycles. The van der Waals surface area contributed by atoms with Crippen molar-refractivity contribution in [2.45, 2.75) is 20.4 Å². The summed E-state index contributed by atoms with van der Waals surface area (Å²) in [5, 5.41) is 2.91. The van der Waals surface area contributed by atoms with Crippen LogP contribution in [0.5, 0.6) is 5.75 Å². The van der Waals surface area contributed by atoms with Gasteiger partial charge in [0.25, 0.3) is 5.91 Å². The summed E-state index contributed by atoms with van der Waals surface area (Å²) in [4.78, 5) is 20.9. The van der Waals surface area contributed by atoms with Crippen LogP contribution in [0.3, 0.4) is 0 Å². The summed E-state index contributed by atoms with van der Waals surface area (Å²) in [5.74, 6) is 0.682. The molecule has 0 atom stereocenters. The smallest absolute Gasteiger partial charge is 0.251 e. The second-order valence-corrected chi connectivity index (χ2v) is 6.10. The predicted octanol–water partition coefficient (Wildman–Crippen LogP) is 3.70. The Morgan fingerprint density at radius 3 is 2.46 bits per heavy atom. The van der Waals surface area contributed by atoms with E-state index < -0.39 is 0 Å². The van der Waals surface area contributed by atoms with Gasteiger partial charge in [-0.05, 0) is 67.4 Å². The topological polar surface area (TPSA) is 64.1 Å². The van der Waals surface area contributed by atoms with Crippen molar-refractivity contribution < 1.29 is 9.53 Å². The highest BCUT2D eigenvalue weighted by Crippen LogP contribution is 2.20. The molecule has 0 unspecified atom stereocenters. The van der Waals surface area contributed by atoms with E-state index in [1.807, 2.05) is 62.4 Å². The van der Waals surface area contributed by atoms with Crippen LogP contribution < -0.4 is 10.1 Å². The molecule has 0 aliphatic rings. The van der Waals surface area contributed by atoms with E-state index in [2.05, 4.69) is 15.3 Å². The van der Waals surface area contributed by atoms with Crippen molar-refractivity contribution in [1.82, 2.24) is 15.3 Å². The first-order chi connectivity index (χ1) is 12.6. The van der Waals surface area contributed by atoms with Gasteiger partial charge in [0.05, 0.1) is 25.0 Å². The molecular weight excluding hydrogens is 326 g/mol. The van der Waals surface area contributed by atoms with E-state index >= 15 is 0 Å².